The van der Waals surface area contributed by atoms with Crippen molar-refractivity contribution < 1.29 is 15.3 Å². The summed E-state index contributed by atoms with van der Waals surface area (Å²) in [6.07, 6.45) is 0. The van der Waals surface area contributed by atoms with Crippen LogP contribution in [0, 0.1) is 6.07 Å². The molecule has 0 heterocycles. The lowest BCUT2D eigenvalue weighted by Gasteiger charge is -2.18. The van der Waals surface area contributed by atoms with Gasteiger partial charge in [0.1, 0.15) is 0 Å². The molecule has 3 unspecified atom stereocenters. The summed E-state index contributed by atoms with van der Waals surface area (Å²) in [4.78, 5) is 0. The van der Waals surface area contributed by atoms with Crippen LogP contribution in [-0.2, 0) is 0 Å². The molecule has 0 aliphatic carbocycles. The van der Waals surface area contributed by atoms with E-state index in [1.165, 1.54) is 0 Å². The molecule has 3 N–H and O–H groups in total. The largest absolute Gasteiger partial charge is 0.396 e. The SMILES string of the molecule is CC(CO)c1[c]c(C(C)CO)cc(C(C)CO)c1. The first-order chi connectivity index (χ1) is 8.53. The van der Waals surface area contributed by atoms with Crippen LogP contribution in [0.3, 0.4) is 0 Å². The molecule has 1 aromatic rings. The average Bonchev–Trinajstić information content (AvgIpc) is 2.43. The number of hydrogen-bond acceptors (Lipinski definition) is 3. The van der Waals surface area contributed by atoms with Crippen molar-refractivity contribution >= 4 is 0 Å². The first-order valence-corrected chi connectivity index (χ1v) is 6.43. The monoisotopic (exact) mass is 251 g/mol. The van der Waals surface area contributed by atoms with E-state index >= 15 is 0 Å². The van der Waals surface area contributed by atoms with Crippen LogP contribution in [0.15, 0.2) is 12.1 Å². The number of benzene rings is 1. The van der Waals surface area contributed by atoms with E-state index in [0.29, 0.717) is 0 Å². The van der Waals surface area contributed by atoms with Gasteiger partial charge >= 0.3 is 0 Å². The third-order valence-corrected chi connectivity index (χ3v) is 3.39. The average molecular weight is 251 g/mol. The van der Waals surface area contributed by atoms with Crippen molar-refractivity contribution in [3.05, 3.63) is 34.9 Å². The van der Waals surface area contributed by atoms with E-state index in [1.807, 2.05) is 32.9 Å². The summed E-state index contributed by atoms with van der Waals surface area (Å²) < 4.78 is 0. The zero-order valence-corrected chi connectivity index (χ0v) is 11.3. The molecule has 101 valence electrons. The minimum Gasteiger partial charge on any atom is -0.396 e. The number of hydrogen-bond donors (Lipinski definition) is 3. The van der Waals surface area contributed by atoms with Crippen LogP contribution >= 0.6 is 0 Å². The second kappa shape index (κ2) is 6.88. The molecule has 0 aliphatic heterocycles. The van der Waals surface area contributed by atoms with Crippen LogP contribution in [0.4, 0.5) is 0 Å². The Morgan fingerprint density at radius 1 is 0.833 bits per heavy atom. The molecule has 0 bridgehead atoms. The number of aliphatic hydroxyl groups is 3. The van der Waals surface area contributed by atoms with Gasteiger partial charge in [0.05, 0.1) is 0 Å². The third kappa shape index (κ3) is 3.55. The lowest BCUT2D eigenvalue weighted by Crippen LogP contribution is -2.08. The minimum atomic E-state index is 0.0143. The molecule has 0 aliphatic rings. The molecule has 0 saturated carbocycles. The number of rotatable bonds is 6. The summed E-state index contributed by atoms with van der Waals surface area (Å²) in [6.45, 7) is 6.06. The Bertz CT molecular complexity index is 307. The lowest BCUT2D eigenvalue weighted by atomic mass is 9.89. The highest BCUT2D eigenvalue weighted by Crippen LogP contribution is 2.26. The fraction of sp³-hybridized carbons (Fsp3) is 0.600. The van der Waals surface area contributed by atoms with Gasteiger partial charge in [0.25, 0.3) is 0 Å². The molecule has 3 nitrogen and oxygen atoms in total. The molecular weight excluding hydrogens is 228 g/mol. The fourth-order valence-corrected chi connectivity index (χ4v) is 1.76. The van der Waals surface area contributed by atoms with Gasteiger partial charge < -0.3 is 15.3 Å². The summed E-state index contributed by atoms with van der Waals surface area (Å²) >= 11 is 0. The van der Waals surface area contributed by atoms with E-state index in [-0.39, 0.29) is 37.6 Å². The van der Waals surface area contributed by atoms with Crippen molar-refractivity contribution in [2.24, 2.45) is 0 Å². The summed E-state index contributed by atoms with van der Waals surface area (Å²) in [6, 6.07) is 7.23. The fourth-order valence-electron chi connectivity index (χ4n) is 1.76. The Morgan fingerprint density at radius 2 is 1.22 bits per heavy atom. The van der Waals surface area contributed by atoms with Gasteiger partial charge in [0, 0.05) is 37.6 Å². The zero-order valence-electron chi connectivity index (χ0n) is 11.3. The van der Waals surface area contributed by atoms with Gasteiger partial charge in [-0.2, -0.15) is 0 Å². The van der Waals surface area contributed by atoms with Gasteiger partial charge in [-0.05, 0) is 22.8 Å². The molecule has 0 fully saturated rings. The molecule has 0 saturated heterocycles. The van der Waals surface area contributed by atoms with Crippen LogP contribution < -0.4 is 0 Å². The maximum absolute atomic E-state index is 9.25. The smallest absolute Gasteiger partial charge is 0.0497 e. The second-order valence-corrected chi connectivity index (χ2v) is 5.08. The Morgan fingerprint density at radius 3 is 1.56 bits per heavy atom. The summed E-state index contributed by atoms with van der Waals surface area (Å²) in [7, 11) is 0. The molecule has 0 amide bonds. The van der Waals surface area contributed by atoms with Crippen molar-refractivity contribution in [1.82, 2.24) is 0 Å². The molecule has 1 aromatic carbocycles. The predicted octanol–water partition coefficient (Wildman–Crippen LogP) is 1.77. The van der Waals surface area contributed by atoms with Gasteiger partial charge in [0.2, 0.25) is 0 Å². The number of aliphatic hydroxyl groups excluding tert-OH is 3. The highest BCUT2D eigenvalue weighted by molar-refractivity contribution is 5.34. The Kier molecular flexibility index (Phi) is 5.79. The van der Waals surface area contributed by atoms with Crippen LogP contribution in [0.1, 0.15) is 55.2 Å². The molecule has 3 heteroatoms. The second-order valence-electron chi connectivity index (χ2n) is 5.08. The van der Waals surface area contributed by atoms with Crippen molar-refractivity contribution in [3.63, 3.8) is 0 Å². The molecule has 3 atom stereocenters. The van der Waals surface area contributed by atoms with Gasteiger partial charge in [-0.3, -0.25) is 0 Å². The van der Waals surface area contributed by atoms with Crippen molar-refractivity contribution in [3.8, 4) is 0 Å². The normalized spacial score (nSPS) is 16.3. The predicted molar refractivity (Wildman–Crippen MR) is 71.8 cm³/mol. The molecule has 1 rings (SSSR count). The lowest BCUT2D eigenvalue weighted by molar-refractivity contribution is 0.267. The van der Waals surface area contributed by atoms with Gasteiger partial charge in [-0.1, -0.05) is 32.9 Å². The van der Waals surface area contributed by atoms with E-state index in [4.69, 9.17) is 0 Å². The molecular formula is C15H23O3. The van der Waals surface area contributed by atoms with Gasteiger partial charge in [0.15, 0.2) is 0 Å². The van der Waals surface area contributed by atoms with Crippen LogP contribution in [-0.4, -0.2) is 35.1 Å². The van der Waals surface area contributed by atoms with Crippen molar-refractivity contribution in [2.75, 3.05) is 19.8 Å². The van der Waals surface area contributed by atoms with Gasteiger partial charge in [-0.25, -0.2) is 0 Å². The van der Waals surface area contributed by atoms with E-state index in [9.17, 15) is 15.3 Å². The Hall–Kier alpha value is -0.900. The minimum absolute atomic E-state index is 0.0143. The maximum atomic E-state index is 9.25. The zero-order chi connectivity index (χ0) is 13.7. The van der Waals surface area contributed by atoms with E-state index in [0.717, 1.165) is 16.7 Å². The summed E-state index contributed by atoms with van der Waals surface area (Å²) in [5.74, 6) is 0.0786. The van der Waals surface area contributed by atoms with Crippen LogP contribution in [0.5, 0.6) is 0 Å². The summed E-state index contributed by atoms with van der Waals surface area (Å²) in [5.41, 5.74) is 2.90. The molecule has 0 spiro atoms. The highest BCUT2D eigenvalue weighted by atomic mass is 16.3. The first kappa shape index (κ1) is 15.2. The van der Waals surface area contributed by atoms with E-state index in [2.05, 4.69) is 6.07 Å². The topological polar surface area (TPSA) is 60.7 Å². The van der Waals surface area contributed by atoms with Gasteiger partial charge in [-0.15, -0.1) is 0 Å². The maximum Gasteiger partial charge on any atom is 0.0497 e. The van der Waals surface area contributed by atoms with Crippen LogP contribution in [0.2, 0.25) is 0 Å². The van der Waals surface area contributed by atoms with E-state index < -0.39 is 0 Å². The molecule has 1 radical (unpaired) electrons. The van der Waals surface area contributed by atoms with Crippen molar-refractivity contribution in [1.29, 1.82) is 0 Å². The van der Waals surface area contributed by atoms with Crippen molar-refractivity contribution in [2.45, 2.75) is 38.5 Å². The highest BCUT2D eigenvalue weighted by Gasteiger charge is 2.14. The Labute approximate surface area is 109 Å². The third-order valence-electron chi connectivity index (χ3n) is 3.39. The van der Waals surface area contributed by atoms with E-state index in [1.54, 1.807) is 0 Å². The first-order valence-electron chi connectivity index (χ1n) is 6.43. The van der Waals surface area contributed by atoms with Crippen LogP contribution in [0.25, 0.3) is 0 Å². The Balaban J connectivity index is 3.19. The molecule has 0 aromatic heterocycles. The quantitative estimate of drug-likeness (QED) is 0.722. The standard InChI is InChI=1S/C15H23O3/c1-10(7-16)13-4-14(11(2)8-17)6-15(5-13)12(3)9-18/h4-5,10-12,16-18H,7-9H2,1-3H3. The molecule has 18 heavy (non-hydrogen) atoms. The summed E-state index contributed by atoms with van der Waals surface area (Å²) in [5, 5.41) is 27.7.